The normalized spacial score (nSPS) is 26.3. The summed E-state index contributed by atoms with van der Waals surface area (Å²) >= 11 is 0. The predicted molar refractivity (Wildman–Crippen MR) is 89.5 cm³/mol. The van der Waals surface area contributed by atoms with Crippen molar-refractivity contribution >= 4 is 6.09 Å². The summed E-state index contributed by atoms with van der Waals surface area (Å²) < 4.78 is 24.9. The first-order valence-corrected chi connectivity index (χ1v) is 8.72. The SMILES string of the molecule is CC(C)(C)OC(=O)N1C2CCC1CC(COc1ccccc1F)C2. The van der Waals surface area contributed by atoms with E-state index in [1.54, 1.807) is 18.2 Å². The first-order chi connectivity index (χ1) is 11.3. The van der Waals surface area contributed by atoms with Crippen molar-refractivity contribution in [1.82, 2.24) is 4.90 Å². The van der Waals surface area contributed by atoms with Crippen LogP contribution in [0.4, 0.5) is 9.18 Å². The Morgan fingerprint density at radius 1 is 1.21 bits per heavy atom. The molecule has 1 aromatic carbocycles. The third-order valence-electron chi connectivity index (χ3n) is 4.75. The maximum Gasteiger partial charge on any atom is 0.410 e. The van der Waals surface area contributed by atoms with Gasteiger partial charge in [0.05, 0.1) is 6.61 Å². The molecule has 2 heterocycles. The third-order valence-corrected chi connectivity index (χ3v) is 4.75. The molecule has 2 aliphatic heterocycles. The molecule has 24 heavy (non-hydrogen) atoms. The molecule has 132 valence electrons. The van der Waals surface area contributed by atoms with Gasteiger partial charge in [0.1, 0.15) is 5.60 Å². The summed E-state index contributed by atoms with van der Waals surface area (Å²) in [5.74, 6) is 0.326. The van der Waals surface area contributed by atoms with Gasteiger partial charge in [-0.15, -0.1) is 0 Å². The van der Waals surface area contributed by atoms with Crippen molar-refractivity contribution in [3.05, 3.63) is 30.1 Å². The summed E-state index contributed by atoms with van der Waals surface area (Å²) in [5.41, 5.74) is -0.471. The molecule has 5 heteroatoms. The predicted octanol–water partition coefficient (Wildman–Crippen LogP) is 4.38. The fourth-order valence-corrected chi connectivity index (χ4v) is 3.81. The molecule has 4 nitrogen and oxygen atoms in total. The summed E-state index contributed by atoms with van der Waals surface area (Å²) in [5, 5.41) is 0. The topological polar surface area (TPSA) is 38.8 Å². The maximum absolute atomic E-state index is 13.6. The van der Waals surface area contributed by atoms with Crippen LogP contribution in [0.3, 0.4) is 0 Å². The fraction of sp³-hybridized carbons (Fsp3) is 0.632. The lowest BCUT2D eigenvalue weighted by molar-refractivity contribution is -0.00104. The second-order valence-electron chi connectivity index (χ2n) is 7.85. The average molecular weight is 335 g/mol. The van der Waals surface area contributed by atoms with E-state index in [1.165, 1.54) is 6.07 Å². The largest absolute Gasteiger partial charge is 0.490 e. The van der Waals surface area contributed by atoms with E-state index in [4.69, 9.17) is 9.47 Å². The molecule has 0 aliphatic carbocycles. The van der Waals surface area contributed by atoms with Gasteiger partial charge in [0.25, 0.3) is 0 Å². The number of hydrogen-bond donors (Lipinski definition) is 0. The highest BCUT2D eigenvalue weighted by atomic mass is 19.1. The first-order valence-electron chi connectivity index (χ1n) is 8.72. The van der Waals surface area contributed by atoms with Gasteiger partial charge >= 0.3 is 6.09 Å². The van der Waals surface area contributed by atoms with E-state index in [2.05, 4.69) is 0 Å². The smallest absolute Gasteiger partial charge is 0.410 e. The molecule has 1 aromatic rings. The highest BCUT2D eigenvalue weighted by Gasteiger charge is 2.44. The van der Waals surface area contributed by atoms with E-state index >= 15 is 0 Å². The monoisotopic (exact) mass is 335 g/mol. The molecule has 2 saturated heterocycles. The Labute approximate surface area is 142 Å². The Morgan fingerprint density at radius 3 is 2.42 bits per heavy atom. The Balaban J connectivity index is 1.57. The van der Waals surface area contributed by atoms with E-state index in [0.717, 1.165) is 25.7 Å². The van der Waals surface area contributed by atoms with E-state index in [9.17, 15) is 9.18 Å². The van der Waals surface area contributed by atoms with Gasteiger partial charge in [-0.25, -0.2) is 9.18 Å². The Bertz CT molecular complexity index is 585. The van der Waals surface area contributed by atoms with Crippen LogP contribution >= 0.6 is 0 Å². The van der Waals surface area contributed by atoms with Crippen LogP contribution in [0.1, 0.15) is 46.5 Å². The number of ether oxygens (including phenoxy) is 2. The van der Waals surface area contributed by atoms with Crippen LogP contribution in [0, 0.1) is 11.7 Å². The van der Waals surface area contributed by atoms with Crippen molar-refractivity contribution in [2.75, 3.05) is 6.61 Å². The van der Waals surface area contributed by atoms with Crippen LogP contribution in [-0.4, -0.2) is 35.3 Å². The average Bonchev–Trinajstić information content (AvgIpc) is 2.76. The second-order valence-corrected chi connectivity index (χ2v) is 7.85. The van der Waals surface area contributed by atoms with Gasteiger partial charge in [0.2, 0.25) is 0 Å². The number of benzene rings is 1. The molecule has 3 rings (SSSR count). The van der Waals surface area contributed by atoms with Crippen molar-refractivity contribution < 1.29 is 18.7 Å². The number of carbonyl (C=O) groups is 1. The summed E-state index contributed by atoms with van der Waals surface area (Å²) in [7, 11) is 0. The van der Waals surface area contributed by atoms with Crippen LogP contribution in [0.5, 0.6) is 5.75 Å². The van der Waals surface area contributed by atoms with Crippen molar-refractivity contribution in [1.29, 1.82) is 0 Å². The number of hydrogen-bond acceptors (Lipinski definition) is 3. The third kappa shape index (κ3) is 3.82. The van der Waals surface area contributed by atoms with Crippen molar-refractivity contribution in [3.63, 3.8) is 0 Å². The molecule has 1 amide bonds. The first kappa shape index (κ1) is 17.1. The number of halogens is 1. The van der Waals surface area contributed by atoms with Crippen LogP contribution < -0.4 is 4.74 Å². The number of para-hydroxylation sites is 1. The molecular weight excluding hydrogens is 309 g/mol. The van der Waals surface area contributed by atoms with Gasteiger partial charge in [-0.1, -0.05) is 12.1 Å². The molecule has 0 aromatic heterocycles. The van der Waals surface area contributed by atoms with Gasteiger partial charge in [-0.2, -0.15) is 0 Å². The van der Waals surface area contributed by atoms with Gasteiger partial charge in [-0.3, -0.25) is 0 Å². The summed E-state index contributed by atoms with van der Waals surface area (Å²) in [6.07, 6.45) is 3.61. The molecule has 2 fully saturated rings. The number of nitrogens with zero attached hydrogens (tertiary/aromatic N) is 1. The number of fused-ring (bicyclic) bond motifs is 2. The zero-order valence-electron chi connectivity index (χ0n) is 14.6. The van der Waals surface area contributed by atoms with Gasteiger partial charge in [0.15, 0.2) is 11.6 Å². The minimum atomic E-state index is -0.471. The zero-order chi connectivity index (χ0) is 17.3. The fourth-order valence-electron chi connectivity index (χ4n) is 3.81. The van der Waals surface area contributed by atoms with Crippen LogP contribution in [-0.2, 0) is 4.74 Å². The summed E-state index contributed by atoms with van der Waals surface area (Å²) in [6, 6.07) is 6.92. The van der Waals surface area contributed by atoms with Crippen molar-refractivity contribution in [2.45, 2.75) is 64.1 Å². The molecule has 2 bridgehead atoms. The standard InChI is InChI=1S/C19H26FNO3/c1-19(2,3)24-18(22)21-14-8-9-15(21)11-13(10-14)12-23-17-7-5-4-6-16(17)20/h4-7,13-15H,8-12H2,1-3H3. The zero-order valence-corrected chi connectivity index (χ0v) is 14.6. The van der Waals surface area contributed by atoms with Crippen LogP contribution in [0.25, 0.3) is 0 Å². The number of amides is 1. The van der Waals surface area contributed by atoms with Gasteiger partial charge < -0.3 is 14.4 Å². The second kappa shape index (κ2) is 6.61. The Morgan fingerprint density at radius 2 is 1.83 bits per heavy atom. The molecular formula is C19H26FNO3. The molecule has 0 spiro atoms. The lowest BCUT2D eigenvalue weighted by Gasteiger charge is -2.39. The lowest BCUT2D eigenvalue weighted by Crippen LogP contribution is -2.49. The van der Waals surface area contributed by atoms with Crippen LogP contribution in [0.15, 0.2) is 24.3 Å². The summed E-state index contributed by atoms with van der Waals surface area (Å²) in [6.45, 7) is 6.17. The number of rotatable bonds is 3. The quantitative estimate of drug-likeness (QED) is 0.823. The lowest BCUT2D eigenvalue weighted by atomic mass is 9.91. The number of piperidine rings is 1. The van der Waals surface area contributed by atoms with E-state index < -0.39 is 5.60 Å². The summed E-state index contributed by atoms with van der Waals surface area (Å²) in [4.78, 5) is 14.3. The molecule has 0 saturated carbocycles. The van der Waals surface area contributed by atoms with E-state index in [1.807, 2.05) is 25.7 Å². The molecule has 2 atom stereocenters. The molecule has 2 unspecified atom stereocenters. The van der Waals surface area contributed by atoms with E-state index in [-0.39, 0.29) is 24.0 Å². The minimum absolute atomic E-state index is 0.205. The van der Waals surface area contributed by atoms with E-state index in [0.29, 0.717) is 18.3 Å². The Kier molecular flexibility index (Phi) is 4.70. The molecule has 0 N–H and O–H groups in total. The number of carbonyl (C=O) groups excluding carboxylic acids is 1. The van der Waals surface area contributed by atoms with Crippen molar-refractivity contribution in [2.24, 2.45) is 5.92 Å². The molecule has 0 radical (unpaired) electrons. The van der Waals surface area contributed by atoms with Crippen molar-refractivity contribution in [3.8, 4) is 5.75 Å². The highest BCUT2D eigenvalue weighted by Crippen LogP contribution is 2.39. The minimum Gasteiger partial charge on any atom is -0.490 e. The van der Waals surface area contributed by atoms with Crippen LogP contribution in [0.2, 0.25) is 0 Å². The Hall–Kier alpha value is -1.78. The highest BCUT2D eigenvalue weighted by molar-refractivity contribution is 5.69. The van der Waals surface area contributed by atoms with Gasteiger partial charge in [0, 0.05) is 12.1 Å². The molecule has 2 aliphatic rings. The van der Waals surface area contributed by atoms with Gasteiger partial charge in [-0.05, 0) is 64.5 Å². The maximum atomic E-state index is 13.6.